The molecule has 0 spiro atoms. The molecule has 13 heavy (non-hydrogen) atoms. The topological polar surface area (TPSA) is 34.1 Å². The van der Waals surface area contributed by atoms with E-state index in [9.17, 15) is 12.8 Å². The molecule has 0 N–H and O–H groups in total. The van der Waals surface area contributed by atoms with Gasteiger partial charge in [-0.3, -0.25) is 0 Å². The number of hydrogen-bond donors (Lipinski definition) is 0. The third-order valence-corrected chi connectivity index (χ3v) is 3.69. The third kappa shape index (κ3) is 2.42. The first-order valence-corrected chi connectivity index (χ1v) is 6.33. The highest BCUT2D eigenvalue weighted by molar-refractivity contribution is 9.10. The minimum absolute atomic E-state index is 0.246. The maximum absolute atomic E-state index is 13.0. The van der Waals surface area contributed by atoms with Crippen molar-refractivity contribution in [2.24, 2.45) is 0 Å². The molecule has 72 valence electrons. The second-order valence-electron chi connectivity index (χ2n) is 2.45. The van der Waals surface area contributed by atoms with Crippen LogP contribution >= 0.6 is 26.6 Å². The fourth-order valence-corrected chi connectivity index (χ4v) is 2.12. The summed E-state index contributed by atoms with van der Waals surface area (Å²) in [6.07, 6.45) is 0. The van der Waals surface area contributed by atoms with E-state index in [0.717, 1.165) is 6.07 Å². The van der Waals surface area contributed by atoms with Crippen LogP contribution in [0.3, 0.4) is 0 Å². The molecule has 2 nitrogen and oxygen atoms in total. The van der Waals surface area contributed by atoms with Gasteiger partial charge in [0.25, 0.3) is 9.05 Å². The molecule has 1 aromatic carbocycles. The van der Waals surface area contributed by atoms with Crippen molar-refractivity contribution >= 4 is 35.7 Å². The van der Waals surface area contributed by atoms with Crippen LogP contribution in [0.5, 0.6) is 0 Å². The van der Waals surface area contributed by atoms with Gasteiger partial charge in [0.1, 0.15) is 5.82 Å². The maximum Gasteiger partial charge on any atom is 0.261 e. The molecule has 0 amide bonds. The molecule has 6 heteroatoms. The lowest BCUT2D eigenvalue weighted by molar-refractivity contribution is 0.598. The second-order valence-corrected chi connectivity index (χ2v) is 5.87. The number of benzene rings is 1. The van der Waals surface area contributed by atoms with Crippen LogP contribution in [0.2, 0.25) is 0 Å². The van der Waals surface area contributed by atoms with E-state index in [1.807, 2.05) is 0 Å². The molecular formula is C7H5BrClFO2S. The zero-order valence-corrected chi connectivity index (χ0v) is 9.67. The predicted molar refractivity (Wildman–Crippen MR) is 51.9 cm³/mol. The van der Waals surface area contributed by atoms with Gasteiger partial charge in [0.15, 0.2) is 0 Å². The highest BCUT2D eigenvalue weighted by Crippen LogP contribution is 2.25. The van der Waals surface area contributed by atoms with Crippen molar-refractivity contribution in [1.82, 2.24) is 0 Å². The Kier molecular flexibility index (Phi) is 2.99. The summed E-state index contributed by atoms with van der Waals surface area (Å²) in [6, 6.07) is 2.16. The van der Waals surface area contributed by atoms with Crippen molar-refractivity contribution in [2.75, 3.05) is 0 Å². The normalized spacial score (nSPS) is 11.7. The monoisotopic (exact) mass is 286 g/mol. The minimum Gasteiger partial charge on any atom is -0.207 e. The van der Waals surface area contributed by atoms with E-state index < -0.39 is 14.9 Å². The smallest absolute Gasteiger partial charge is 0.207 e. The zero-order chi connectivity index (χ0) is 10.2. The Morgan fingerprint density at radius 2 is 2.00 bits per heavy atom. The molecular weight excluding hydrogens is 282 g/mol. The van der Waals surface area contributed by atoms with Crippen LogP contribution in [0.15, 0.2) is 21.5 Å². The Hall–Kier alpha value is -0.130. The number of rotatable bonds is 1. The van der Waals surface area contributed by atoms with Crippen LogP contribution in [-0.4, -0.2) is 8.42 Å². The van der Waals surface area contributed by atoms with Gasteiger partial charge in [-0.2, -0.15) is 0 Å². The molecule has 0 aliphatic carbocycles. The van der Waals surface area contributed by atoms with Crippen molar-refractivity contribution in [1.29, 1.82) is 0 Å². The molecule has 0 fully saturated rings. The van der Waals surface area contributed by atoms with Gasteiger partial charge >= 0.3 is 0 Å². The number of halogens is 3. The summed E-state index contributed by atoms with van der Waals surface area (Å²) in [6.45, 7) is 1.53. The van der Waals surface area contributed by atoms with E-state index in [0.29, 0.717) is 10.0 Å². The van der Waals surface area contributed by atoms with Crippen molar-refractivity contribution in [3.63, 3.8) is 0 Å². The van der Waals surface area contributed by atoms with Crippen LogP contribution in [0.25, 0.3) is 0 Å². The van der Waals surface area contributed by atoms with Crippen LogP contribution in [0, 0.1) is 12.7 Å². The minimum atomic E-state index is -3.86. The quantitative estimate of drug-likeness (QED) is 0.744. The molecule has 0 radical (unpaired) electrons. The van der Waals surface area contributed by atoms with E-state index in [2.05, 4.69) is 15.9 Å². The molecule has 0 unspecified atom stereocenters. The first kappa shape index (κ1) is 10.9. The highest BCUT2D eigenvalue weighted by Gasteiger charge is 2.14. The second kappa shape index (κ2) is 3.55. The lowest BCUT2D eigenvalue weighted by Gasteiger charge is -2.02. The summed E-state index contributed by atoms with van der Waals surface area (Å²) in [4.78, 5) is -0.246. The van der Waals surface area contributed by atoms with Gasteiger partial charge in [-0.25, -0.2) is 12.8 Å². The lowest BCUT2D eigenvalue weighted by atomic mass is 10.2. The summed E-state index contributed by atoms with van der Waals surface area (Å²) in [7, 11) is 1.18. The first-order chi connectivity index (χ1) is 5.82. The van der Waals surface area contributed by atoms with Gasteiger partial charge in [-0.1, -0.05) is 15.9 Å². The fraction of sp³-hybridized carbons (Fsp3) is 0.143. The summed E-state index contributed by atoms with van der Waals surface area (Å²) < 4.78 is 35.1. The SMILES string of the molecule is Cc1c(F)cc(S(=O)(=O)Cl)cc1Br. The Morgan fingerprint density at radius 1 is 1.46 bits per heavy atom. The maximum atomic E-state index is 13.0. The molecule has 0 aliphatic rings. The molecule has 1 rings (SSSR count). The summed E-state index contributed by atoms with van der Waals surface area (Å²) in [5.74, 6) is -0.603. The van der Waals surface area contributed by atoms with Gasteiger partial charge in [0, 0.05) is 15.2 Å². The Morgan fingerprint density at radius 3 is 2.38 bits per heavy atom. The molecule has 0 saturated heterocycles. The molecule has 0 saturated carbocycles. The molecule has 1 aromatic rings. The standard InChI is InChI=1S/C7H5BrClFO2S/c1-4-6(8)2-5(3-7(4)10)13(9,11)12/h2-3H,1H3. The molecule has 0 aromatic heterocycles. The highest BCUT2D eigenvalue weighted by atomic mass is 79.9. The van der Waals surface area contributed by atoms with Gasteiger partial charge in [0.2, 0.25) is 0 Å². The van der Waals surface area contributed by atoms with Crippen LogP contribution < -0.4 is 0 Å². The number of hydrogen-bond acceptors (Lipinski definition) is 2. The Balaban J connectivity index is 3.47. The van der Waals surface area contributed by atoms with E-state index in [1.165, 1.54) is 13.0 Å². The van der Waals surface area contributed by atoms with Crippen molar-refractivity contribution in [3.8, 4) is 0 Å². The Bertz CT molecular complexity index is 421. The van der Waals surface area contributed by atoms with Gasteiger partial charge in [-0.15, -0.1) is 0 Å². The zero-order valence-electron chi connectivity index (χ0n) is 6.51. The predicted octanol–water partition coefficient (Wildman–Crippen LogP) is 2.82. The Labute approximate surface area is 88.3 Å². The van der Waals surface area contributed by atoms with Crippen LogP contribution in [0.1, 0.15) is 5.56 Å². The molecule has 0 heterocycles. The lowest BCUT2D eigenvalue weighted by Crippen LogP contribution is -1.94. The van der Waals surface area contributed by atoms with E-state index in [1.54, 1.807) is 0 Å². The fourth-order valence-electron chi connectivity index (χ4n) is 0.763. The van der Waals surface area contributed by atoms with Crippen LogP contribution in [0.4, 0.5) is 4.39 Å². The largest absolute Gasteiger partial charge is 0.261 e. The van der Waals surface area contributed by atoms with E-state index in [4.69, 9.17) is 10.7 Å². The third-order valence-electron chi connectivity index (χ3n) is 1.54. The molecule has 0 bridgehead atoms. The summed E-state index contributed by atoms with van der Waals surface area (Å²) >= 11 is 3.03. The van der Waals surface area contributed by atoms with Crippen molar-refractivity contribution in [3.05, 3.63) is 28.0 Å². The van der Waals surface area contributed by atoms with Gasteiger partial charge < -0.3 is 0 Å². The van der Waals surface area contributed by atoms with Crippen LogP contribution in [-0.2, 0) is 9.05 Å². The first-order valence-electron chi connectivity index (χ1n) is 3.22. The van der Waals surface area contributed by atoms with Gasteiger partial charge in [-0.05, 0) is 24.6 Å². The van der Waals surface area contributed by atoms with Crippen molar-refractivity contribution in [2.45, 2.75) is 11.8 Å². The van der Waals surface area contributed by atoms with E-state index in [-0.39, 0.29) is 4.90 Å². The van der Waals surface area contributed by atoms with Crippen molar-refractivity contribution < 1.29 is 12.8 Å². The average molecular weight is 288 g/mol. The summed E-state index contributed by atoms with van der Waals surface area (Å²) in [5.41, 5.74) is 0.351. The average Bonchev–Trinajstić information content (AvgIpc) is 1.97. The van der Waals surface area contributed by atoms with E-state index >= 15 is 0 Å². The van der Waals surface area contributed by atoms with Gasteiger partial charge in [0.05, 0.1) is 4.90 Å². The summed E-state index contributed by atoms with van der Waals surface area (Å²) in [5, 5.41) is 0. The molecule has 0 aliphatic heterocycles. The molecule has 0 atom stereocenters.